The molecule has 5 heteroatoms. The Morgan fingerprint density at radius 2 is 1.87 bits per heavy atom. The lowest BCUT2D eigenvalue weighted by Gasteiger charge is -2.37. The van der Waals surface area contributed by atoms with Crippen LogP contribution in [0.5, 0.6) is 0 Å². The number of piperazine rings is 1. The molecular formula is C18H28N4O. The monoisotopic (exact) mass is 316 g/mol. The second kappa shape index (κ2) is 7.77. The number of amides is 1. The highest BCUT2D eigenvalue weighted by Crippen LogP contribution is 2.20. The van der Waals surface area contributed by atoms with E-state index in [1.807, 2.05) is 29.4 Å². The molecule has 0 bridgehead atoms. The Hall–Kier alpha value is -1.62. The fourth-order valence-corrected chi connectivity index (χ4v) is 3.73. The van der Waals surface area contributed by atoms with Crippen molar-refractivity contribution >= 4 is 11.6 Å². The second-order valence-electron chi connectivity index (χ2n) is 6.74. The maximum Gasteiger partial charge on any atom is 0.222 e. The summed E-state index contributed by atoms with van der Waals surface area (Å²) in [6.07, 6.45) is 9.23. The van der Waals surface area contributed by atoms with Gasteiger partial charge in [0, 0.05) is 56.7 Å². The van der Waals surface area contributed by atoms with Gasteiger partial charge < -0.3 is 14.7 Å². The van der Waals surface area contributed by atoms with E-state index in [2.05, 4.69) is 21.8 Å². The summed E-state index contributed by atoms with van der Waals surface area (Å²) >= 11 is 0. The van der Waals surface area contributed by atoms with Crippen LogP contribution < -0.4 is 4.90 Å². The summed E-state index contributed by atoms with van der Waals surface area (Å²) in [5.41, 5.74) is 1.20. The van der Waals surface area contributed by atoms with Crippen molar-refractivity contribution < 1.29 is 4.79 Å². The lowest BCUT2D eigenvalue weighted by Crippen LogP contribution is -2.49. The first-order valence-corrected chi connectivity index (χ1v) is 8.87. The van der Waals surface area contributed by atoms with Gasteiger partial charge >= 0.3 is 0 Å². The topological polar surface area (TPSA) is 39.7 Å². The van der Waals surface area contributed by atoms with Gasteiger partial charge in [0.2, 0.25) is 5.91 Å². The zero-order valence-corrected chi connectivity index (χ0v) is 14.2. The van der Waals surface area contributed by atoms with Gasteiger partial charge in [-0.15, -0.1) is 0 Å². The van der Waals surface area contributed by atoms with Gasteiger partial charge in [-0.3, -0.25) is 9.78 Å². The Morgan fingerprint density at radius 3 is 2.57 bits per heavy atom. The third-order valence-corrected chi connectivity index (χ3v) is 5.27. The molecule has 3 heterocycles. The Morgan fingerprint density at radius 1 is 1.13 bits per heavy atom. The number of aromatic nitrogens is 1. The summed E-state index contributed by atoms with van der Waals surface area (Å²) in [5, 5.41) is 0. The predicted molar refractivity (Wildman–Crippen MR) is 92.5 cm³/mol. The van der Waals surface area contributed by atoms with Crippen molar-refractivity contribution in [1.82, 2.24) is 14.8 Å². The number of carbonyl (C=O) groups is 1. The Balaban J connectivity index is 1.43. The quantitative estimate of drug-likeness (QED) is 0.852. The Kier molecular flexibility index (Phi) is 5.49. The minimum Gasteiger partial charge on any atom is -0.368 e. The first kappa shape index (κ1) is 16.2. The van der Waals surface area contributed by atoms with Crippen molar-refractivity contribution in [3.05, 3.63) is 24.5 Å². The van der Waals surface area contributed by atoms with E-state index in [9.17, 15) is 4.79 Å². The number of hydrogen-bond donors (Lipinski definition) is 0. The van der Waals surface area contributed by atoms with Gasteiger partial charge in [-0.05, 0) is 45.0 Å². The number of anilines is 1. The molecule has 1 aromatic rings. The molecule has 126 valence electrons. The zero-order chi connectivity index (χ0) is 16.1. The van der Waals surface area contributed by atoms with Crippen LogP contribution in [0.3, 0.4) is 0 Å². The van der Waals surface area contributed by atoms with Crippen LogP contribution >= 0.6 is 0 Å². The van der Waals surface area contributed by atoms with E-state index in [0.29, 0.717) is 18.4 Å². The maximum atomic E-state index is 12.5. The first-order chi connectivity index (χ1) is 11.2. The highest BCUT2D eigenvalue weighted by Gasteiger charge is 2.24. The van der Waals surface area contributed by atoms with Crippen LogP contribution in [-0.2, 0) is 4.79 Å². The number of piperidine rings is 1. The van der Waals surface area contributed by atoms with Crippen molar-refractivity contribution in [2.45, 2.75) is 38.1 Å². The first-order valence-electron chi connectivity index (χ1n) is 8.87. The number of nitrogens with zero attached hydrogens (tertiary/aromatic N) is 4. The van der Waals surface area contributed by atoms with E-state index in [-0.39, 0.29) is 0 Å². The number of hydrogen-bond acceptors (Lipinski definition) is 4. The fraction of sp³-hybridized carbons (Fsp3) is 0.667. The Bertz CT molecular complexity index is 499. The van der Waals surface area contributed by atoms with Crippen LogP contribution in [0, 0.1) is 0 Å². The predicted octanol–water partition coefficient (Wildman–Crippen LogP) is 1.99. The van der Waals surface area contributed by atoms with Gasteiger partial charge in [0.05, 0.1) is 0 Å². The minimum atomic E-state index is 0.332. The minimum absolute atomic E-state index is 0.332. The fourth-order valence-electron chi connectivity index (χ4n) is 3.73. The van der Waals surface area contributed by atoms with Crippen LogP contribution in [0.4, 0.5) is 5.69 Å². The van der Waals surface area contributed by atoms with E-state index < -0.39 is 0 Å². The van der Waals surface area contributed by atoms with Gasteiger partial charge in [-0.2, -0.15) is 0 Å². The van der Waals surface area contributed by atoms with Crippen LogP contribution in [0.25, 0.3) is 0 Å². The van der Waals surface area contributed by atoms with E-state index in [4.69, 9.17) is 0 Å². The second-order valence-corrected chi connectivity index (χ2v) is 6.74. The third kappa shape index (κ3) is 4.22. The Labute approximate surface area is 139 Å². The van der Waals surface area contributed by atoms with Gasteiger partial charge in [0.1, 0.15) is 0 Å². The molecule has 1 atom stereocenters. The summed E-state index contributed by atoms with van der Waals surface area (Å²) in [5.74, 6) is 0.332. The number of carbonyl (C=O) groups excluding carboxylic acids is 1. The smallest absolute Gasteiger partial charge is 0.222 e. The summed E-state index contributed by atoms with van der Waals surface area (Å²) < 4.78 is 0. The van der Waals surface area contributed by atoms with Gasteiger partial charge in [0.15, 0.2) is 0 Å². The van der Waals surface area contributed by atoms with E-state index in [1.54, 1.807) is 0 Å². The molecule has 2 aliphatic rings. The SMILES string of the molecule is CN1CCCC[C@@H]1CCC(=O)N1CCN(c2ccncc2)CC1. The van der Waals surface area contributed by atoms with E-state index in [1.165, 1.54) is 31.5 Å². The standard InChI is InChI=1S/C18H28N4O/c1-20-11-3-2-4-16(20)5-6-18(23)22-14-12-21(13-15-22)17-7-9-19-10-8-17/h7-10,16H,2-6,11-15H2,1H3/t16-/m1/s1. The molecule has 0 radical (unpaired) electrons. The molecule has 0 unspecified atom stereocenters. The molecule has 2 saturated heterocycles. The highest BCUT2D eigenvalue weighted by molar-refractivity contribution is 5.76. The molecular weight excluding hydrogens is 288 g/mol. The van der Waals surface area contributed by atoms with Crippen molar-refractivity contribution in [3.8, 4) is 0 Å². The molecule has 0 aliphatic carbocycles. The lowest BCUT2D eigenvalue weighted by atomic mass is 9.98. The molecule has 23 heavy (non-hydrogen) atoms. The molecule has 0 aromatic carbocycles. The average Bonchev–Trinajstić information content (AvgIpc) is 2.62. The third-order valence-electron chi connectivity index (χ3n) is 5.27. The highest BCUT2D eigenvalue weighted by atomic mass is 16.2. The molecule has 1 aromatic heterocycles. The van der Waals surface area contributed by atoms with Gasteiger partial charge in [-0.1, -0.05) is 6.42 Å². The average molecular weight is 316 g/mol. The zero-order valence-electron chi connectivity index (χ0n) is 14.2. The van der Waals surface area contributed by atoms with Crippen LogP contribution in [0.2, 0.25) is 0 Å². The van der Waals surface area contributed by atoms with E-state index >= 15 is 0 Å². The molecule has 0 saturated carbocycles. The van der Waals surface area contributed by atoms with Crippen molar-refractivity contribution in [2.75, 3.05) is 44.7 Å². The largest absolute Gasteiger partial charge is 0.368 e. The number of likely N-dealkylation sites (tertiary alicyclic amines) is 1. The summed E-state index contributed by atoms with van der Waals surface area (Å²) in [4.78, 5) is 23.3. The van der Waals surface area contributed by atoms with Gasteiger partial charge in [0.25, 0.3) is 0 Å². The molecule has 0 spiro atoms. The van der Waals surface area contributed by atoms with E-state index in [0.717, 1.165) is 32.6 Å². The molecule has 2 aliphatic heterocycles. The maximum absolute atomic E-state index is 12.5. The van der Waals surface area contributed by atoms with Crippen LogP contribution in [0.15, 0.2) is 24.5 Å². The molecule has 5 nitrogen and oxygen atoms in total. The molecule has 1 amide bonds. The summed E-state index contributed by atoms with van der Waals surface area (Å²) in [6, 6.07) is 4.68. The van der Waals surface area contributed by atoms with Crippen LogP contribution in [0.1, 0.15) is 32.1 Å². The van der Waals surface area contributed by atoms with Crippen molar-refractivity contribution in [2.24, 2.45) is 0 Å². The number of pyridine rings is 1. The lowest BCUT2D eigenvalue weighted by molar-refractivity contribution is -0.131. The van der Waals surface area contributed by atoms with Gasteiger partial charge in [-0.25, -0.2) is 0 Å². The summed E-state index contributed by atoms with van der Waals surface area (Å²) in [7, 11) is 2.20. The molecule has 3 rings (SSSR count). The molecule has 0 N–H and O–H groups in total. The van der Waals surface area contributed by atoms with Crippen molar-refractivity contribution in [1.29, 1.82) is 0 Å². The molecule has 2 fully saturated rings. The number of rotatable bonds is 4. The normalized spacial score (nSPS) is 23.1. The van der Waals surface area contributed by atoms with Crippen LogP contribution in [-0.4, -0.2) is 66.5 Å². The summed E-state index contributed by atoms with van der Waals surface area (Å²) in [6.45, 7) is 4.69. The van der Waals surface area contributed by atoms with Crippen molar-refractivity contribution in [3.63, 3.8) is 0 Å².